The molecule has 0 saturated carbocycles. The van der Waals surface area contributed by atoms with Crippen LogP contribution in [0.5, 0.6) is 0 Å². The summed E-state index contributed by atoms with van der Waals surface area (Å²) >= 11 is 1.63. The molecule has 5 heteroatoms. The molecule has 2 heterocycles. The molecule has 0 aromatic carbocycles. The molecule has 0 amide bonds. The van der Waals surface area contributed by atoms with Gasteiger partial charge in [-0.2, -0.15) is 5.10 Å². The van der Waals surface area contributed by atoms with E-state index >= 15 is 0 Å². The van der Waals surface area contributed by atoms with Gasteiger partial charge >= 0.3 is 0 Å². The van der Waals surface area contributed by atoms with E-state index < -0.39 is 0 Å². The van der Waals surface area contributed by atoms with Crippen LogP contribution >= 0.6 is 11.3 Å². The van der Waals surface area contributed by atoms with E-state index in [1.165, 1.54) is 5.56 Å². The molecule has 0 aliphatic heterocycles. The van der Waals surface area contributed by atoms with Crippen LogP contribution in [0.2, 0.25) is 0 Å². The van der Waals surface area contributed by atoms with Crippen molar-refractivity contribution >= 4 is 16.5 Å². The molecule has 0 aliphatic carbocycles. The number of aromatic nitrogens is 3. The van der Waals surface area contributed by atoms with Gasteiger partial charge in [-0.3, -0.25) is 4.68 Å². The van der Waals surface area contributed by atoms with Gasteiger partial charge in [0.25, 0.3) is 0 Å². The zero-order chi connectivity index (χ0) is 9.97. The van der Waals surface area contributed by atoms with Gasteiger partial charge in [-0.15, -0.1) is 11.3 Å². The summed E-state index contributed by atoms with van der Waals surface area (Å²) in [4.78, 5) is 4.31. The maximum Gasteiger partial charge on any atom is 0.183 e. The smallest absolute Gasteiger partial charge is 0.183 e. The Morgan fingerprint density at radius 1 is 1.57 bits per heavy atom. The third-order valence-electron chi connectivity index (χ3n) is 1.82. The van der Waals surface area contributed by atoms with E-state index in [9.17, 15) is 0 Å². The minimum absolute atomic E-state index is 0.779. The first-order valence-electron chi connectivity index (χ1n) is 4.37. The first kappa shape index (κ1) is 9.21. The van der Waals surface area contributed by atoms with Gasteiger partial charge in [-0.1, -0.05) is 0 Å². The van der Waals surface area contributed by atoms with Crippen molar-refractivity contribution in [1.82, 2.24) is 14.8 Å². The summed E-state index contributed by atoms with van der Waals surface area (Å²) in [5.74, 6) is 0. The number of nitrogens with one attached hydrogen (secondary N) is 1. The fourth-order valence-electron chi connectivity index (χ4n) is 1.18. The SMILES string of the molecule is Cc1csc(NCc2cnn(C)c2)n1. The van der Waals surface area contributed by atoms with Crippen molar-refractivity contribution in [3.05, 3.63) is 29.0 Å². The van der Waals surface area contributed by atoms with Gasteiger partial charge in [0.1, 0.15) is 0 Å². The maximum absolute atomic E-state index is 4.31. The van der Waals surface area contributed by atoms with Crippen LogP contribution in [-0.2, 0) is 13.6 Å². The van der Waals surface area contributed by atoms with Crippen molar-refractivity contribution in [3.8, 4) is 0 Å². The van der Waals surface area contributed by atoms with E-state index in [0.29, 0.717) is 0 Å². The second kappa shape index (κ2) is 3.79. The van der Waals surface area contributed by atoms with E-state index in [0.717, 1.165) is 17.4 Å². The number of aryl methyl sites for hydroxylation is 2. The molecular weight excluding hydrogens is 196 g/mol. The average Bonchev–Trinajstić information content (AvgIpc) is 2.72. The fraction of sp³-hybridized carbons (Fsp3) is 0.333. The number of nitrogens with zero attached hydrogens (tertiary/aromatic N) is 3. The number of thiazole rings is 1. The van der Waals surface area contributed by atoms with Crippen molar-refractivity contribution in [1.29, 1.82) is 0 Å². The summed E-state index contributed by atoms with van der Waals surface area (Å²) in [6.07, 6.45) is 3.85. The monoisotopic (exact) mass is 208 g/mol. The van der Waals surface area contributed by atoms with Gasteiger partial charge in [0, 0.05) is 30.7 Å². The lowest BCUT2D eigenvalue weighted by atomic mass is 10.4. The van der Waals surface area contributed by atoms with Crippen molar-refractivity contribution in [3.63, 3.8) is 0 Å². The van der Waals surface area contributed by atoms with Crippen LogP contribution in [0.1, 0.15) is 11.3 Å². The molecule has 0 bridgehead atoms. The molecule has 1 N–H and O–H groups in total. The van der Waals surface area contributed by atoms with Crippen molar-refractivity contribution in [2.45, 2.75) is 13.5 Å². The lowest BCUT2D eigenvalue weighted by Crippen LogP contribution is -1.97. The largest absolute Gasteiger partial charge is 0.357 e. The number of hydrogen-bond donors (Lipinski definition) is 1. The molecule has 74 valence electrons. The summed E-state index contributed by atoms with van der Waals surface area (Å²) in [5.41, 5.74) is 2.23. The summed E-state index contributed by atoms with van der Waals surface area (Å²) in [6.45, 7) is 2.77. The third-order valence-corrected chi connectivity index (χ3v) is 2.74. The van der Waals surface area contributed by atoms with Gasteiger partial charge in [-0.05, 0) is 6.92 Å². The Bertz CT molecular complexity index is 378. The molecule has 4 nitrogen and oxygen atoms in total. The number of rotatable bonds is 3. The summed E-state index contributed by atoms with van der Waals surface area (Å²) < 4.78 is 1.80. The first-order chi connectivity index (χ1) is 6.74. The fourth-order valence-corrected chi connectivity index (χ4v) is 1.86. The van der Waals surface area contributed by atoms with Gasteiger partial charge in [0.15, 0.2) is 5.13 Å². The van der Waals surface area contributed by atoms with Crippen LogP contribution < -0.4 is 5.32 Å². The minimum atomic E-state index is 0.779. The van der Waals surface area contributed by atoms with E-state index in [1.807, 2.05) is 31.7 Å². The molecule has 0 aliphatic rings. The van der Waals surface area contributed by atoms with Crippen molar-refractivity contribution < 1.29 is 0 Å². The molecule has 0 spiro atoms. The van der Waals surface area contributed by atoms with E-state index in [1.54, 1.807) is 16.0 Å². The highest BCUT2D eigenvalue weighted by atomic mass is 32.1. The summed E-state index contributed by atoms with van der Waals surface area (Å²) in [6, 6.07) is 0. The Balaban J connectivity index is 1.94. The highest BCUT2D eigenvalue weighted by molar-refractivity contribution is 7.13. The quantitative estimate of drug-likeness (QED) is 0.836. The Morgan fingerprint density at radius 3 is 3.00 bits per heavy atom. The molecule has 2 aromatic heterocycles. The molecule has 14 heavy (non-hydrogen) atoms. The molecule has 2 aromatic rings. The highest BCUT2D eigenvalue weighted by Gasteiger charge is 1.99. The van der Waals surface area contributed by atoms with Crippen molar-refractivity contribution in [2.75, 3.05) is 5.32 Å². The Kier molecular flexibility index (Phi) is 2.49. The predicted molar refractivity (Wildman–Crippen MR) is 57.4 cm³/mol. The zero-order valence-corrected chi connectivity index (χ0v) is 9.01. The maximum atomic E-state index is 4.31. The van der Waals surface area contributed by atoms with Crippen molar-refractivity contribution in [2.24, 2.45) is 7.05 Å². The van der Waals surface area contributed by atoms with Crippen LogP contribution in [0, 0.1) is 6.92 Å². The van der Waals surface area contributed by atoms with Gasteiger partial charge in [0.2, 0.25) is 0 Å². The normalized spacial score (nSPS) is 10.4. The molecular formula is C9H12N4S. The first-order valence-corrected chi connectivity index (χ1v) is 5.25. The zero-order valence-electron chi connectivity index (χ0n) is 8.19. The Morgan fingerprint density at radius 2 is 2.43 bits per heavy atom. The lowest BCUT2D eigenvalue weighted by Gasteiger charge is -1.98. The van der Waals surface area contributed by atoms with Crippen LogP contribution in [0.15, 0.2) is 17.8 Å². The Hall–Kier alpha value is -1.36. The van der Waals surface area contributed by atoms with Gasteiger partial charge in [-0.25, -0.2) is 4.98 Å². The number of hydrogen-bond acceptors (Lipinski definition) is 4. The second-order valence-corrected chi connectivity index (χ2v) is 4.03. The molecule has 2 rings (SSSR count). The lowest BCUT2D eigenvalue weighted by molar-refractivity contribution is 0.767. The summed E-state index contributed by atoms with van der Waals surface area (Å²) in [5, 5.41) is 10.3. The standard InChI is InChI=1S/C9H12N4S/c1-7-6-14-9(12-7)10-3-8-4-11-13(2)5-8/h4-6H,3H2,1-2H3,(H,10,12). The average molecular weight is 208 g/mol. The predicted octanol–water partition coefficient (Wildman–Crippen LogP) is 1.80. The van der Waals surface area contributed by atoms with E-state index in [2.05, 4.69) is 15.4 Å². The van der Waals surface area contributed by atoms with Gasteiger partial charge < -0.3 is 5.32 Å². The van der Waals surface area contributed by atoms with E-state index in [-0.39, 0.29) is 0 Å². The molecule has 0 unspecified atom stereocenters. The topological polar surface area (TPSA) is 42.7 Å². The number of anilines is 1. The summed E-state index contributed by atoms with van der Waals surface area (Å²) in [7, 11) is 1.91. The minimum Gasteiger partial charge on any atom is -0.357 e. The molecule has 0 saturated heterocycles. The molecule has 0 radical (unpaired) electrons. The highest BCUT2D eigenvalue weighted by Crippen LogP contribution is 2.15. The van der Waals surface area contributed by atoms with E-state index in [4.69, 9.17) is 0 Å². The molecule has 0 fully saturated rings. The third kappa shape index (κ3) is 2.11. The Labute approximate surface area is 86.6 Å². The van der Waals surface area contributed by atoms with Crippen LogP contribution in [0.3, 0.4) is 0 Å². The van der Waals surface area contributed by atoms with Crippen LogP contribution in [0.25, 0.3) is 0 Å². The molecule has 0 atom stereocenters. The van der Waals surface area contributed by atoms with Gasteiger partial charge in [0.05, 0.1) is 11.9 Å². The van der Waals surface area contributed by atoms with Crippen LogP contribution in [0.4, 0.5) is 5.13 Å². The second-order valence-electron chi connectivity index (χ2n) is 3.17. The van der Waals surface area contributed by atoms with Crippen LogP contribution in [-0.4, -0.2) is 14.8 Å².